The summed E-state index contributed by atoms with van der Waals surface area (Å²) < 4.78 is 28.6. The summed E-state index contributed by atoms with van der Waals surface area (Å²) in [6.45, 7) is 3.70. The summed E-state index contributed by atoms with van der Waals surface area (Å²) in [6.07, 6.45) is 0. The van der Waals surface area contributed by atoms with Gasteiger partial charge in [-0.05, 0) is 18.2 Å². The van der Waals surface area contributed by atoms with Crippen LogP contribution in [0.25, 0.3) is 10.8 Å². The van der Waals surface area contributed by atoms with Crippen LogP contribution in [0.1, 0.15) is 0 Å². The quantitative estimate of drug-likeness (QED) is 0.563. The summed E-state index contributed by atoms with van der Waals surface area (Å²) in [6, 6.07) is 13.0. The van der Waals surface area contributed by atoms with E-state index in [1.54, 1.807) is 0 Å². The largest absolute Gasteiger partial charge is 0.368 e. The molecule has 1 fully saturated rings. The fourth-order valence-corrected chi connectivity index (χ4v) is 6.17. The molecular formula is C18H18Cl3N3O2S2. The van der Waals surface area contributed by atoms with Crippen molar-refractivity contribution in [2.45, 2.75) is 4.21 Å². The summed E-state index contributed by atoms with van der Waals surface area (Å²) in [4.78, 5) is 2.32. The molecule has 3 aromatic rings. The van der Waals surface area contributed by atoms with E-state index in [-0.39, 0.29) is 26.0 Å². The molecule has 2 N–H and O–H groups in total. The van der Waals surface area contributed by atoms with E-state index in [0.717, 1.165) is 54.0 Å². The number of fused-ring (bicyclic) bond motifs is 1. The maximum absolute atomic E-state index is 12.8. The normalized spacial score (nSPS) is 14.7. The molecule has 1 aromatic heterocycles. The topological polar surface area (TPSA) is 61.4 Å². The molecule has 0 saturated carbocycles. The molecule has 0 atom stereocenters. The molecule has 5 nitrogen and oxygen atoms in total. The first-order valence-corrected chi connectivity index (χ1v) is 11.5. The Morgan fingerprint density at radius 1 is 1.04 bits per heavy atom. The molecule has 2 heterocycles. The summed E-state index contributed by atoms with van der Waals surface area (Å²) >= 11 is 12.8. The lowest BCUT2D eigenvalue weighted by Crippen LogP contribution is -2.43. The lowest BCUT2D eigenvalue weighted by molar-refractivity contribution is 0.590. The van der Waals surface area contributed by atoms with Crippen molar-refractivity contribution in [2.24, 2.45) is 0 Å². The number of anilines is 2. The molecule has 0 amide bonds. The second kappa shape index (κ2) is 8.65. The van der Waals surface area contributed by atoms with Crippen molar-refractivity contribution in [3.8, 4) is 0 Å². The predicted octanol–water partition coefficient (Wildman–Crippen LogP) is 4.84. The van der Waals surface area contributed by atoms with E-state index in [9.17, 15) is 8.42 Å². The zero-order valence-corrected chi connectivity index (χ0v) is 18.6. The van der Waals surface area contributed by atoms with Crippen molar-refractivity contribution in [2.75, 3.05) is 35.8 Å². The number of thiophene rings is 1. The van der Waals surface area contributed by atoms with Crippen LogP contribution in [0.4, 0.5) is 11.4 Å². The fourth-order valence-electron chi connectivity index (χ4n) is 3.21. The molecule has 1 aliphatic rings. The van der Waals surface area contributed by atoms with Gasteiger partial charge in [-0.2, -0.15) is 0 Å². The lowest BCUT2D eigenvalue weighted by atomic mass is 10.1. The predicted molar refractivity (Wildman–Crippen MR) is 121 cm³/mol. The van der Waals surface area contributed by atoms with E-state index in [1.807, 2.05) is 36.4 Å². The van der Waals surface area contributed by atoms with Crippen LogP contribution in [0.15, 0.2) is 46.7 Å². The van der Waals surface area contributed by atoms with E-state index in [4.69, 9.17) is 23.2 Å². The van der Waals surface area contributed by atoms with Crippen molar-refractivity contribution in [3.63, 3.8) is 0 Å². The van der Waals surface area contributed by atoms with Crippen molar-refractivity contribution in [3.05, 3.63) is 51.8 Å². The number of nitrogens with zero attached hydrogens (tertiary/aromatic N) is 1. The number of rotatable bonds is 4. The third kappa shape index (κ3) is 4.20. The monoisotopic (exact) mass is 477 g/mol. The summed E-state index contributed by atoms with van der Waals surface area (Å²) in [5.41, 5.74) is 1.64. The minimum absolute atomic E-state index is 0. The molecule has 2 aromatic carbocycles. The standard InChI is InChI=1S/C18H17Cl2N3O2S2.ClH/c19-14-11-17(26-18(14)20)27(24,25)22-15-5-6-16(23-9-7-21-8-10-23)13-4-2-1-3-12(13)15;/h1-6,11,21-22H,7-10H2;1H. The Morgan fingerprint density at radius 3 is 2.36 bits per heavy atom. The van der Waals surface area contributed by atoms with Gasteiger partial charge in [-0.25, -0.2) is 8.42 Å². The van der Waals surface area contributed by atoms with Crippen LogP contribution in [-0.2, 0) is 10.0 Å². The van der Waals surface area contributed by atoms with Gasteiger partial charge in [-0.15, -0.1) is 23.7 Å². The molecular weight excluding hydrogens is 461 g/mol. The van der Waals surface area contributed by atoms with Crippen LogP contribution in [0, 0.1) is 0 Å². The Balaban J connectivity index is 0.00000225. The van der Waals surface area contributed by atoms with Gasteiger partial charge in [-0.1, -0.05) is 47.5 Å². The van der Waals surface area contributed by atoms with Crippen molar-refractivity contribution >= 4 is 79.1 Å². The molecule has 0 spiro atoms. The molecule has 0 bridgehead atoms. The van der Waals surface area contributed by atoms with Gasteiger partial charge in [0.05, 0.1) is 10.7 Å². The van der Waals surface area contributed by atoms with Crippen molar-refractivity contribution in [1.82, 2.24) is 5.32 Å². The Bertz CT molecular complexity index is 1080. The third-order valence-electron chi connectivity index (χ3n) is 4.49. The smallest absolute Gasteiger partial charge is 0.271 e. The molecule has 28 heavy (non-hydrogen) atoms. The van der Waals surface area contributed by atoms with Crippen molar-refractivity contribution in [1.29, 1.82) is 0 Å². The SMILES string of the molecule is Cl.O=S(=O)(Nc1ccc(N2CCNCC2)c2ccccc12)c1cc(Cl)c(Cl)s1. The van der Waals surface area contributed by atoms with E-state index in [0.29, 0.717) is 5.69 Å². The van der Waals surface area contributed by atoms with E-state index < -0.39 is 10.0 Å². The Hall–Kier alpha value is -1.22. The van der Waals surface area contributed by atoms with Gasteiger partial charge in [-0.3, -0.25) is 4.72 Å². The Kier molecular flexibility index (Phi) is 6.64. The Morgan fingerprint density at radius 2 is 1.71 bits per heavy atom. The van der Waals surface area contributed by atoms with Crippen LogP contribution in [-0.4, -0.2) is 34.6 Å². The first-order chi connectivity index (χ1) is 13.0. The second-order valence-electron chi connectivity index (χ2n) is 6.21. The van der Waals surface area contributed by atoms with Gasteiger partial charge < -0.3 is 10.2 Å². The number of sulfonamides is 1. The van der Waals surface area contributed by atoms with Crippen LogP contribution < -0.4 is 14.9 Å². The molecule has 0 radical (unpaired) electrons. The molecule has 1 aliphatic heterocycles. The lowest BCUT2D eigenvalue weighted by Gasteiger charge is -2.30. The number of nitrogens with one attached hydrogen (secondary N) is 2. The first-order valence-electron chi connectivity index (χ1n) is 8.41. The van der Waals surface area contributed by atoms with E-state index in [2.05, 4.69) is 14.9 Å². The Labute approximate surface area is 184 Å². The highest BCUT2D eigenvalue weighted by Crippen LogP contribution is 2.37. The number of hydrogen-bond donors (Lipinski definition) is 2. The first kappa shape index (κ1) is 21.5. The summed E-state index contributed by atoms with van der Waals surface area (Å²) in [7, 11) is -3.77. The molecule has 10 heteroatoms. The zero-order chi connectivity index (χ0) is 19.0. The van der Waals surface area contributed by atoms with Gasteiger partial charge in [0.2, 0.25) is 0 Å². The maximum atomic E-state index is 12.8. The van der Waals surface area contributed by atoms with Gasteiger partial charge in [0.25, 0.3) is 10.0 Å². The van der Waals surface area contributed by atoms with Crippen molar-refractivity contribution < 1.29 is 8.42 Å². The van der Waals surface area contributed by atoms with Gasteiger partial charge in [0.1, 0.15) is 8.55 Å². The summed E-state index contributed by atoms with van der Waals surface area (Å²) in [5, 5.41) is 5.45. The minimum atomic E-state index is -3.77. The molecule has 150 valence electrons. The van der Waals surface area contributed by atoms with Crippen LogP contribution >= 0.6 is 46.9 Å². The highest BCUT2D eigenvalue weighted by atomic mass is 35.5. The van der Waals surface area contributed by atoms with E-state index in [1.165, 1.54) is 6.07 Å². The molecule has 0 unspecified atom stereocenters. The molecule has 0 aliphatic carbocycles. The minimum Gasteiger partial charge on any atom is -0.368 e. The second-order valence-corrected chi connectivity index (χ2v) is 10.2. The zero-order valence-electron chi connectivity index (χ0n) is 14.6. The summed E-state index contributed by atoms with van der Waals surface area (Å²) in [5.74, 6) is 0. The maximum Gasteiger partial charge on any atom is 0.271 e. The average molecular weight is 479 g/mol. The highest BCUT2D eigenvalue weighted by Gasteiger charge is 2.21. The third-order valence-corrected chi connectivity index (χ3v) is 8.20. The fraction of sp³-hybridized carbons (Fsp3) is 0.222. The number of halogens is 3. The highest BCUT2D eigenvalue weighted by molar-refractivity contribution is 7.94. The molecule has 4 rings (SSSR count). The van der Waals surface area contributed by atoms with Gasteiger partial charge in [0.15, 0.2) is 0 Å². The number of hydrogen-bond acceptors (Lipinski definition) is 5. The van der Waals surface area contributed by atoms with Crippen LogP contribution in [0.2, 0.25) is 9.36 Å². The number of benzene rings is 2. The van der Waals surface area contributed by atoms with E-state index >= 15 is 0 Å². The average Bonchev–Trinajstić information content (AvgIpc) is 3.02. The van der Waals surface area contributed by atoms with Crippen LogP contribution in [0.5, 0.6) is 0 Å². The van der Waals surface area contributed by atoms with Gasteiger partial charge >= 0.3 is 0 Å². The van der Waals surface area contributed by atoms with Gasteiger partial charge in [0, 0.05) is 42.6 Å². The van der Waals surface area contributed by atoms with Crippen LogP contribution in [0.3, 0.4) is 0 Å². The number of piperazine rings is 1. The molecule has 1 saturated heterocycles.